The molecule has 0 spiro atoms. The molecule has 0 aliphatic carbocycles. The molecule has 0 saturated carbocycles. The smallest absolute Gasteiger partial charge is 0.340 e. The van der Waals surface area contributed by atoms with Crippen LogP contribution in [0.25, 0.3) is 0 Å². The molecular weight excluding hydrogens is 284 g/mol. The monoisotopic (exact) mass is 294 g/mol. The number of hydrogen-bond acceptors (Lipinski definition) is 4. The number of benzene rings is 1. The molecule has 0 saturated heterocycles. The van der Waals surface area contributed by atoms with Gasteiger partial charge in [-0.05, 0) is 24.4 Å². The number of ketones is 1. The van der Waals surface area contributed by atoms with Gasteiger partial charge in [0.2, 0.25) is 5.78 Å². The Morgan fingerprint density at radius 1 is 1.26 bits per heavy atom. The summed E-state index contributed by atoms with van der Waals surface area (Å²) in [6.07, 6.45) is 0. The summed E-state index contributed by atoms with van der Waals surface area (Å²) < 4.78 is 4.94. The molecule has 98 valence electrons. The maximum Gasteiger partial charge on any atom is 0.340 e. The van der Waals surface area contributed by atoms with Crippen molar-refractivity contribution in [2.45, 2.75) is 6.92 Å². The Morgan fingerprint density at radius 2 is 2.05 bits per heavy atom. The van der Waals surface area contributed by atoms with Crippen molar-refractivity contribution >= 4 is 34.7 Å². The fourth-order valence-corrected chi connectivity index (χ4v) is 2.59. The van der Waals surface area contributed by atoms with Gasteiger partial charge in [-0.2, -0.15) is 0 Å². The minimum atomic E-state index is -0.576. The van der Waals surface area contributed by atoms with Crippen molar-refractivity contribution in [2.24, 2.45) is 0 Å². The van der Waals surface area contributed by atoms with Gasteiger partial charge < -0.3 is 4.74 Å². The minimum Gasteiger partial charge on any atom is -0.462 e. The van der Waals surface area contributed by atoms with E-state index < -0.39 is 5.97 Å². The van der Waals surface area contributed by atoms with Gasteiger partial charge in [0.1, 0.15) is 0 Å². The first kappa shape index (κ1) is 13.8. The number of hydrogen-bond donors (Lipinski definition) is 0. The highest BCUT2D eigenvalue weighted by molar-refractivity contribution is 7.12. The number of halogens is 1. The number of carbonyl (C=O) groups excluding carboxylic acids is 2. The van der Waals surface area contributed by atoms with Crippen molar-refractivity contribution in [3.05, 3.63) is 56.7 Å². The van der Waals surface area contributed by atoms with Crippen LogP contribution in [0.2, 0.25) is 5.02 Å². The SMILES string of the molecule is CCOC(=O)c1c(Cl)cccc1C(=O)c1cccs1. The van der Waals surface area contributed by atoms with Crippen LogP contribution in [0.4, 0.5) is 0 Å². The average Bonchev–Trinajstić information content (AvgIpc) is 2.91. The van der Waals surface area contributed by atoms with E-state index in [2.05, 4.69) is 0 Å². The first-order valence-electron chi connectivity index (χ1n) is 5.69. The highest BCUT2D eigenvalue weighted by Gasteiger charge is 2.22. The lowest BCUT2D eigenvalue weighted by Gasteiger charge is -2.09. The Kier molecular flexibility index (Phi) is 4.35. The van der Waals surface area contributed by atoms with Crippen LogP contribution in [0, 0.1) is 0 Å². The zero-order valence-electron chi connectivity index (χ0n) is 10.2. The Labute approximate surface area is 119 Å². The molecule has 0 unspecified atom stereocenters. The lowest BCUT2D eigenvalue weighted by atomic mass is 10.0. The van der Waals surface area contributed by atoms with Gasteiger partial charge in [-0.3, -0.25) is 4.79 Å². The number of ether oxygens (including phenoxy) is 1. The summed E-state index contributed by atoms with van der Waals surface area (Å²) >= 11 is 7.34. The number of carbonyl (C=O) groups is 2. The van der Waals surface area contributed by atoms with Crippen LogP contribution in [0.1, 0.15) is 32.5 Å². The molecule has 2 aromatic rings. The van der Waals surface area contributed by atoms with Crippen LogP contribution in [0.3, 0.4) is 0 Å². The normalized spacial score (nSPS) is 10.2. The molecule has 0 N–H and O–H groups in total. The quantitative estimate of drug-likeness (QED) is 0.636. The van der Waals surface area contributed by atoms with Crippen molar-refractivity contribution in [3.8, 4) is 0 Å². The average molecular weight is 295 g/mol. The van der Waals surface area contributed by atoms with E-state index in [9.17, 15) is 9.59 Å². The van der Waals surface area contributed by atoms with Gasteiger partial charge in [0.15, 0.2) is 0 Å². The van der Waals surface area contributed by atoms with E-state index in [0.717, 1.165) is 0 Å². The third kappa shape index (κ3) is 2.85. The third-order valence-corrected chi connectivity index (χ3v) is 3.67. The Bertz CT molecular complexity index is 605. The molecule has 1 aromatic carbocycles. The van der Waals surface area contributed by atoms with Crippen molar-refractivity contribution < 1.29 is 14.3 Å². The first-order chi connectivity index (χ1) is 9.15. The molecule has 3 nitrogen and oxygen atoms in total. The van der Waals surface area contributed by atoms with Gasteiger partial charge in [0.25, 0.3) is 0 Å². The van der Waals surface area contributed by atoms with E-state index in [1.165, 1.54) is 11.3 Å². The van der Waals surface area contributed by atoms with E-state index in [1.54, 1.807) is 37.3 Å². The van der Waals surface area contributed by atoms with Gasteiger partial charge in [-0.15, -0.1) is 11.3 Å². The molecular formula is C14H11ClO3S. The number of thiophene rings is 1. The molecule has 1 heterocycles. The molecule has 0 amide bonds. The molecule has 0 atom stereocenters. The van der Waals surface area contributed by atoms with Crippen LogP contribution < -0.4 is 0 Å². The Morgan fingerprint density at radius 3 is 2.68 bits per heavy atom. The molecule has 0 radical (unpaired) electrons. The van der Waals surface area contributed by atoms with Crippen molar-refractivity contribution in [1.29, 1.82) is 0 Å². The summed E-state index contributed by atoms with van der Waals surface area (Å²) in [6, 6.07) is 8.29. The predicted molar refractivity (Wildman–Crippen MR) is 75.2 cm³/mol. The molecule has 2 rings (SSSR count). The van der Waals surface area contributed by atoms with E-state index in [1.807, 2.05) is 5.38 Å². The second-order valence-electron chi connectivity index (χ2n) is 3.69. The summed E-state index contributed by atoms with van der Waals surface area (Å²) in [6.45, 7) is 1.94. The number of esters is 1. The second kappa shape index (κ2) is 5.99. The van der Waals surface area contributed by atoms with Crippen LogP contribution in [-0.4, -0.2) is 18.4 Å². The maximum absolute atomic E-state index is 12.3. The van der Waals surface area contributed by atoms with Crippen LogP contribution >= 0.6 is 22.9 Å². The summed E-state index contributed by atoms with van der Waals surface area (Å²) in [4.78, 5) is 24.8. The first-order valence-corrected chi connectivity index (χ1v) is 6.94. The second-order valence-corrected chi connectivity index (χ2v) is 5.04. The summed E-state index contributed by atoms with van der Waals surface area (Å²) in [5.74, 6) is -0.798. The summed E-state index contributed by atoms with van der Waals surface area (Å²) in [5, 5.41) is 2.03. The molecule has 5 heteroatoms. The Balaban J connectivity index is 2.49. The maximum atomic E-state index is 12.3. The van der Waals surface area contributed by atoms with E-state index in [4.69, 9.17) is 16.3 Å². The molecule has 1 aromatic heterocycles. The molecule has 0 bridgehead atoms. The summed E-state index contributed by atoms with van der Waals surface area (Å²) in [5.41, 5.74) is 0.401. The van der Waals surface area contributed by atoms with Gasteiger partial charge in [0, 0.05) is 5.56 Å². The fraction of sp³-hybridized carbons (Fsp3) is 0.143. The summed E-state index contributed by atoms with van der Waals surface area (Å²) in [7, 11) is 0. The molecule has 19 heavy (non-hydrogen) atoms. The zero-order chi connectivity index (χ0) is 13.8. The van der Waals surface area contributed by atoms with Crippen LogP contribution in [0.15, 0.2) is 35.7 Å². The predicted octanol–water partition coefficient (Wildman–Crippen LogP) is 3.81. The largest absolute Gasteiger partial charge is 0.462 e. The highest BCUT2D eigenvalue weighted by Crippen LogP contribution is 2.25. The molecule has 0 aliphatic rings. The third-order valence-electron chi connectivity index (χ3n) is 2.48. The van der Waals surface area contributed by atoms with Gasteiger partial charge in [0.05, 0.1) is 22.1 Å². The van der Waals surface area contributed by atoms with Crippen LogP contribution in [0.5, 0.6) is 0 Å². The minimum absolute atomic E-state index is 0.129. The van der Waals surface area contributed by atoms with Gasteiger partial charge in [-0.25, -0.2) is 4.79 Å². The molecule has 0 aliphatic heterocycles. The van der Waals surface area contributed by atoms with Crippen LogP contribution in [-0.2, 0) is 4.74 Å². The van der Waals surface area contributed by atoms with Crippen molar-refractivity contribution in [2.75, 3.05) is 6.61 Å². The van der Waals surface area contributed by atoms with Gasteiger partial charge >= 0.3 is 5.97 Å². The topological polar surface area (TPSA) is 43.4 Å². The fourth-order valence-electron chi connectivity index (χ4n) is 1.66. The molecule has 0 fully saturated rings. The standard InChI is InChI=1S/C14H11ClO3S/c1-2-18-14(17)12-9(5-3-6-10(12)15)13(16)11-7-4-8-19-11/h3-8H,2H2,1H3. The Hall–Kier alpha value is -1.65. The van der Waals surface area contributed by atoms with E-state index in [0.29, 0.717) is 4.88 Å². The van der Waals surface area contributed by atoms with E-state index >= 15 is 0 Å². The zero-order valence-corrected chi connectivity index (χ0v) is 11.8. The van der Waals surface area contributed by atoms with E-state index in [-0.39, 0.29) is 28.5 Å². The van der Waals surface area contributed by atoms with Crippen molar-refractivity contribution in [1.82, 2.24) is 0 Å². The lowest BCUT2D eigenvalue weighted by molar-refractivity contribution is 0.0523. The van der Waals surface area contributed by atoms with Gasteiger partial charge in [-0.1, -0.05) is 29.8 Å². The van der Waals surface area contributed by atoms with Crippen molar-refractivity contribution in [3.63, 3.8) is 0 Å². The number of rotatable bonds is 4. The lowest BCUT2D eigenvalue weighted by Crippen LogP contribution is -2.12. The highest BCUT2D eigenvalue weighted by atomic mass is 35.5.